The van der Waals surface area contributed by atoms with E-state index in [1.165, 1.54) is 0 Å². The molecule has 0 spiro atoms. The van der Waals surface area contributed by atoms with Gasteiger partial charge in [0.1, 0.15) is 0 Å². The first-order valence-electron chi connectivity index (χ1n) is 9.44. The Morgan fingerprint density at radius 1 is 1.11 bits per heavy atom. The highest BCUT2D eigenvalue weighted by Gasteiger charge is 2.16. The number of carbonyl (C=O) groups is 2. The van der Waals surface area contributed by atoms with Crippen molar-refractivity contribution in [2.45, 2.75) is 0 Å². The number of rotatable bonds is 10. The zero-order chi connectivity index (χ0) is 20.4. The molecule has 1 heterocycles. The van der Waals surface area contributed by atoms with Gasteiger partial charge in [0.25, 0.3) is 0 Å². The van der Waals surface area contributed by atoms with Gasteiger partial charge in [0.05, 0.1) is 26.3 Å². The molecule has 0 aromatic heterocycles. The number of hydrogen-bond donors (Lipinski definition) is 1. The Morgan fingerprint density at radius 3 is 2.29 bits per heavy atom. The summed E-state index contributed by atoms with van der Waals surface area (Å²) in [6, 6.07) is 7.78. The number of anilines is 2. The van der Waals surface area contributed by atoms with Gasteiger partial charge in [-0.15, -0.1) is 13.2 Å². The molecule has 28 heavy (non-hydrogen) atoms. The summed E-state index contributed by atoms with van der Waals surface area (Å²) in [5.41, 5.74) is 1.86. The molecule has 0 radical (unpaired) electrons. The van der Waals surface area contributed by atoms with Gasteiger partial charge in [0.2, 0.25) is 11.8 Å². The number of benzene rings is 1. The Hall–Kier alpha value is -2.64. The zero-order valence-corrected chi connectivity index (χ0v) is 16.6. The van der Waals surface area contributed by atoms with E-state index in [1.54, 1.807) is 29.0 Å². The summed E-state index contributed by atoms with van der Waals surface area (Å²) >= 11 is 0. The summed E-state index contributed by atoms with van der Waals surface area (Å²) < 4.78 is 5.36. The van der Waals surface area contributed by atoms with Crippen molar-refractivity contribution in [3.63, 3.8) is 0 Å². The molecule has 1 saturated heterocycles. The number of likely N-dealkylation sites (N-methyl/N-ethyl adjacent to an activating group) is 1. The van der Waals surface area contributed by atoms with Gasteiger partial charge in [-0.05, 0) is 31.3 Å². The Balaban J connectivity index is 1.81. The standard InChI is InChI=1S/C21H30N4O3/c1-4-10-25(11-5-2)21(27)17-23(3)16-20(26)22-18-6-8-19(9-7-18)24-12-14-28-15-13-24/h4-9H,1-2,10-17H2,3H3,(H,22,26). The van der Waals surface area contributed by atoms with Crippen molar-refractivity contribution in [1.29, 1.82) is 0 Å². The lowest BCUT2D eigenvalue weighted by molar-refractivity contribution is -0.131. The first-order valence-corrected chi connectivity index (χ1v) is 9.44. The third kappa shape index (κ3) is 6.83. The minimum Gasteiger partial charge on any atom is -0.378 e. The fraction of sp³-hybridized carbons (Fsp3) is 0.429. The molecule has 0 atom stereocenters. The van der Waals surface area contributed by atoms with Gasteiger partial charge in [-0.25, -0.2) is 0 Å². The van der Waals surface area contributed by atoms with E-state index in [9.17, 15) is 9.59 Å². The Labute approximate surface area is 167 Å². The molecular formula is C21H30N4O3. The smallest absolute Gasteiger partial charge is 0.238 e. The quantitative estimate of drug-likeness (QED) is 0.619. The predicted octanol–water partition coefficient (Wildman–Crippen LogP) is 1.59. The van der Waals surface area contributed by atoms with Crippen LogP contribution in [0.15, 0.2) is 49.6 Å². The third-order valence-corrected chi connectivity index (χ3v) is 4.40. The maximum Gasteiger partial charge on any atom is 0.238 e. The fourth-order valence-corrected chi connectivity index (χ4v) is 3.00. The van der Waals surface area contributed by atoms with Crippen LogP contribution in [0, 0.1) is 0 Å². The maximum absolute atomic E-state index is 12.3. The summed E-state index contributed by atoms with van der Waals surface area (Å²) in [7, 11) is 1.75. The molecule has 1 aromatic rings. The summed E-state index contributed by atoms with van der Waals surface area (Å²) in [6.07, 6.45) is 3.35. The van der Waals surface area contributed by atoms with Crippen LogP contribution >= 0.6 is 0 Å². The number of nitrogens with zero attached hydrogens (tertiary/aromatic N) is 3. The molecule has 0 aliphatic carbocycles. The number of ether oxygens (including phenoxy) is 1. The molecule has 1 fully saturated rings. The molecular weight excluding hydrogens is 356 g/mol. The van der Waals surface area contributed by atoms with Crippen molar-refractivity contribution in [2.75, 3.05) is 69.7 Å². The average molecular weight is 386 g/mol. The van der Waals surface area contributed by atoms with E-state index in [2.05, 4.69) is 23.4 Å². The SMILES string of the molecule is C=CCN(CC=C)C(=O)CN(C)CC(=O)Nc1ccc(N2CCOCC2)cc1. The average Bonchev–Trinajstić information content (AvgIpc) is 2.68. The van der Waals surface area contributed by atoms with Gasteiger partial charge in [-0.1, -0.05) is 12.2 Å². The lowest BCUT2D eigenvalue weighted by atomic mass is 10.2. The number of amides is 2. The van der Waals surface area contributed by atoms with Crippen LogP contribution in [-0.4, -0.2) is 81.1 Å². The van der Waals surface area contributed by atoms with Crippen molar-refractivity contribution >= 4 is 23.2 Å². The second-order valence-corrected chi connectivity index (χ2v) is 6.74. The molecule has 7 nitrogen and oxygen atoms in total. The van der Waals surface area contributed by atoms with Gasteiger partial charge in [0, 0.05) is 37.6 Å². The molecule has 1 aliphatic rings. The second-order valence-electron chi connectivity index (χ2n) is 6.74. The van der Waals surface area contributed by atoms with Gasteiger partial charge in [0.15, 0.2) is 0 Å². The molecule has 0 bridgehead atoms. The van der Waals surface area contributed by atoms with E-state index in [-0.39, 0.29) is 24.9 Å². The van der Waals surface area contributed by atoms with Crippen LogP contribution < -0.4 is 10.2 Å². The van der Waals surface area contributed by atoms with Gasteiger partial charge < -0.3 is 19.9 Å². The van der Waals surface area contributed by atoms with Crippen LogP contribution in [0.25, 0.3) is 0 Å². The highest BCUT2D eigenvalue weighted by molar-refractivity contribution is 5.92. The summed E-state index contributed by atoms with van der Waals surface area (Å²) in [6.45, 7) is 11.7. The normalized spacial score (nSPS) is 13.9. The minimum absolute atomic E-state index is 0.0648. The van der Waals surface area contributed by atoms with Crippen LogP contribution in [0.2, 0.25) is 0 Å². The number of morpholine rings is 1. The fourth-order valence-electron chi connectivity index (χ4n) is 3.00. The van der Waals surface area contributed by atoms with Crippen molar-refractivity contribution in [2.24, 2.45) is 0 Å². The van der Waals surface area contributed by atoms with Crippen LogP contribution in [0.3, 0.4) is 0 Å². The first kappa shape index (κ1) is 21.7. The van der Waals surface area contributed by atoms with Crippen molar-refractivity contribution < 1.29 is 14.3 Å². The highest BCUT2D eigenvalue weighted by Crippen LogP contribution is 2.19. The number of hydrogen-bond acceptors (Lipinski definition) is 5. The topological polar surface area (TPSA) is 65.1 Å². The molecule has 0 saturated carbocycles. The van der Waals surface area contributed by atoms with Crippen molar-refractivity contribution in [3.05, 3.63) is 49.6 Å². The van der Waals surface area contributed by atoms with Crippen LogP contribution in [0.1, 0.15) is 0 Å². The monoisotopic (exact) mass is 386 g/mol. The Kier molecular flexibility index (Phi) is 8.71. The van der Waals surface area contributed by atoms with E-state index in [4.69, 9.17) is 4.74 Å². The molecule has 152 valence electrons. The van der Waals surface area contributed by atoms with Crippen LogP contribution in [0.5, 0.6) is 0 Å². The largest absolute Gasteiger partial charge is 0.378 e. The van der Waals surface area contributed by atoms with Gasteiger partial charge in [-0.2, -0.15) is 0 Å². The minimum atomic E-state index is -0.159. The third-order valence-electron chi connectivity index (χ3n) is 4.40. The molecule has 2 rings (SSSR count). The van der Waals surface area contributed by atoms with Crippen LogP contribution in [0.4, 0.5) is 11.4 Å². The van der Waals surface area contributed by atoms with E-state index in [0.717, 1.165) is 37.7 Å². The Bertz CT molecular complexity index is 659. The molecule has 2 amide bonds. The lowest BCUT2D eigenvalue weighted by Crippen LogP contribution is -2.41. The molecule has 1 N–H and O–H groups in total. The van der Waals surface area contributed by atoms with Gasteiger partial charge >= 0.3 is 0 Å². The second kappa shape index (κ2) is 11.3. The molecule has 0 unspecified atom stereocenters. The zero-order valence-electron chi connectivity index (χ0n) is 16.6. The molecule has 1 aliphatic heterocycles. The Morgan fingerprint density at radius 2 is 1.71 bits per heavy atom. The maximum atomic E-state index is 12.3. The van der Waals surface area contributed by atoms with Gasteiger partial charge in [-0.3, -0.25) is 14.5 Å². The highest BCUT2D eigenvalue weighted by atomic mass is 16.5. The molecule has 7 heteroatoms. The van der Waals surface area contributed by atoms with E-state index in [0.29, 0.717) is 13.1 Å². The lowest BCUT2D eigenvalue weighted by Gasteiger charge is -2.29. The van der Waals surface area contributed by atoms with Crippen molar-refractivity contribution in [1.82, 2.24) is 9.80 Å². The summed E-state index contributed by atoms with van der Waals surface area (Å²) in [4.78, 5) is 30.2. The van der Waals surface area contributed by atoms with E-state index >= 15 is 0 Å². The van der Waals surface area contributed by atoms with E-state index in [1.807, 2.05) is 24.3 Å². The summed E-state index contributed by atoms with van der Waals surface area (Å²) in [5.74, 6) is -0.224. The number of nitrogens with one attached hydrogen (secondary N) is 1. The number of carbonyl (C=O) groups excluding carboxylic acids is 2. The predicted molar refractivity (Wildman–Crippen MR) is 113 cm³/mol. The first-order chi connectivity index (χ1) is 13.5. The molecule has 1 aromatic carbocycles. The van der Waals surface area contributed by atoms with E-state index < -0.39 is 0 Å². The summed E-state index contributed by atoms with van der Waals surface area (Å²) in [5, 5.41) is 2.87. The van der Waals surface area contributed by atoms with Crippen molar-refractivity contribution in [3.8, 4) is 0 Å². The van der Waals surface area contributed by atoms with Crippen LogP contribution in [-0.2, 0) is 14.3 Å².